The van der Waals surface area contributed by atoms with Crippen molar-refractivity contribution in [1.29, 1.82) is 0 Å². The van der Waals surface area contributed by atoms with Gasteiger partial charge >= 0.3 is 5.97 Å². The number of ketones is 1. The first kappa shape index (κ1) is 26.9. The van der Waals surface area contributed by atoms with Crippen LogP contribution in [0, 0.1) is 12.8 Å². The molecule has 1 atom stereocenters. The highest BCUT2D eigenvalue weighted by Crippen LogP contribution is 2.35. The Bertz CT molecular complexity index is 1220. The fourth-order valence-corrected chi connectivity index (χ4v) is 4.87. The fourth-order valence-electron chi connectivity index (χ4n) is 4.68. The molecule has 0 fully saturated rings. The summed E-state index contributed by atoms with van der Waals surface area (Å²) < 4.78 is 31.1. The number of halogens is 3. The molecule has 0 bridgehead atoms. The molecule has 0 unspecified atom stereocenters. The van der Waals surface area contributed by atoms with E-state index in [0.29, 0.717) is 36.3 Å². The van der Waals surface area contributed by atoms with Crippen molar-refractivity contribution in [3.63, 3.8) is 0 Å². The molecule has 0 radical (unpaired) electrons. The first-order valence-electron chi connectivity index (χ1n) is 12.0. The van der Waals surface area contributed by atoms with Crippen LogP contribution in [0.1, 0.15) is 72.6 Å². The number of fused-ring (bicyclic) bond motifs is 1. The van der Waals surface area contributed by atoms with Crippen molar-refractivity contribution in [2.24, 2.45) is 13.0 Å². The number of hydrogen-bond acceptors (Lipinski definition) is 2. The van der Waals surface area contributed by atoms with E-state index in [0.717, 1.165) is 22.2 Å². The average Bonchev–Trinajstić information content (AvgIpc) is 3.03. The zero-order valence-electron chi connectivity index (χ0n) is 20.4. The van der Waals surface area contributed by atoms with E-state index in [1.54, 1.807) is 13.0 Å². The summed E-state index contributed by atoms with van der Waals surface area (Å²) >= 11 is 5.86. The minimum absolute atomic E-state index is 0.0638. The standard InChI is InChI=1S/C28H32ClF2NO3/c1-18-11-12-23-22(14-18)27(25(33)15-19(2)16-26(34)35)24(32(23)3)10-5-4-6-13-28(30,31)20-8-7-9-21(29)17-20/h7-9,11-12,14,17,19H,4-6,10,13,15-16H2,1-3H3,(H,34,35)/t19-/m0/s1. The van der Waals surface area contributed by atoms with Crippen LogP contribution in [0.2, 0.25) is 5.02 Å². The summed E-state index contributed by atoms with van der Waals surface area (Å²) in [6.45, 7) is 3.73. The predicted molar refractivity (Wildman–Crippen MR) is 136 cm³/mol. The highest BCUT2D eigenvalue weighted by molar-refractivity contribution is 6.30. The van der Waals surface area contributed by atoms with Crippen LogP contribution < -0.4 is 0 Å². The molecule has 0 aliphatic heterocycles. The lowest BCUT2D eigenvalue weighted by Gasteiger charge is -2.17. The Morgan fingerprint density at radius 1 is 1.09 bits per heavy atom. The van der Waals surface area contributed by atoms with Gasteiger partial charge in [-0.05, 0) is 56.4 Å². The van der Waals surface area contributed by atoms with E-state index in [-0.39, 0.29) is 36.5 Å². The zero-order chi connectivity index (χ0) is 25.8. The molecule has 3 aromatic rings. The molecule has 4 nitrogen and oxygen atoms in total. The number of alkyl halides is 2. The van der Waals surface area contributed by atoms with Crippen LogP contribution >= 0.6 is 11.6 Å². The fraction of sp³-hybridized carbons (Fsp3) is 0.429. The first-order valence-corrected chi connectivity index (χ1v) is 12.3. The minimum atomic E-state index is -2.94. The second-order valence-electron chi connectivity index (χ2n) is 9.51. The maximum Gasteiger partial charge on any atom is 0.303 e. The van der Waals surface area contributed by atoms with Gasteiger partial charge in [-0.2, -0.15) is 0 Å². The third-order valence-electron chi connectivity index (χ3n) is 6.46. The molecule has 0 aliphatic rings. The van der Waals surface area contributed by atoms with Gasteiger partial charge in [-0.3, -0.25) is 9.59 Å². The van der Waals surface area contributed by atoms with Crippen molar-refractivity contribution in [3.05, 3.63) is 69.9 Å². The van der Waals surface area contributed by atoms with Crippen LogP contribution in [0.15, 0.2) is 42.5 Å². The van der Waals surface area contributed by atoms with E-state index in [1.165, 1.54) is 18.2 Å². The number of unbranched alkanes of at least 4 members (excludes halogenated alkanes) is 2. The number of nitrogens with zero attached hydrogens (tertiary/aromatic N) is 1. The highest BCUT2D eigenvalue weighted by Gasteiger charge is 2.31. The molecule has 3 rings (SSSR count). The van der Waals surface area contributed by atoms with Crippen molar-refractivity contribution in [2.45, 2.75) is 64.7 Å². The Kier molecular flexibility index (Phi) is 8.70. The second-order valence-corrected chi connectivity index (χ2v) is 9.94. The molecular formula is C28H32ClF2NO3. The van der Waals surface area contributed by atoms with Crippen molar-refractivity contribution < 1.29 is 23.5 Å². The molecule has 35 heavy (non-hydrogen) atoms. The smallest absolute Gasteiger partial charge is 0.303 e. The monoisotopic (exact) mass is 503 g/mol. The molecule has 1 heterocycles. The topological polar surface area (TPSA) is 59.3 Å². The molecule has 0 saturated carbocycles. The number of aliphatic carboxylic acids is 1. The summed E-state index contributed by atoms with van der Waals surface area (Å²) in [5.41, 5.74) is 3.41. The van der Waals surface area contributed by atoms with Crippen molar-refractivity contribution in [1.82, 2.24) is 4.57 Å². The van der Waals surface area contributed by atoms with Crippen LogP contribution in [0.5, 0.6) is 0 Å². The third kappa shape index (κ3) is 6.69. The lowest BCUT2D eigenvalue weighted by molar-refractivity contribution is -0.137. The first-order chi connectivity index (χ1) is 16.5. The molecule has 7 heteroatoms. The van der Waals surface area contributed by atoms with Gasteiger partial charge in [0.2, 0.25) is 0 Å². The molecular weight excluding hydrogens is 472 g/mol. The summed E-state index contributed by atoms with van der Waals surface area (Å²) in [7, 11) is 1.91. The highest BCUT2D eigenvalue weighted by atomic mass is 35.5. The summed E-state index contributed by atoms with van der Waals surface area (Å²) in [5, 5.41) is 10.2. The lowest BCUT2D eigenvalue weighted by Crippen LogP contribution is -2.13. The number of aryl methyl sites for hydroxylation is 2. The number of benzene rings is 2. The maximum atomic E-state index is 14.6. The Balaban J connectivity index is 1.72. The van der Waals surface area contributed by atoms with Crippen LogP contribution in [0.25, 0.3) is 10.9 Å². The molecule has 0 spiro atoms. The van der Waals surface area contributed by atoms with Gasteiger partial charge in [0, 0.05) is 59.1 Å². The molecule has 0 saturated heterocycles. The predicted octanol–water partition coefficient (Wildman–Crippen LogP) is 7.72. The Morgan fingerprint density at radius 2 is 1.83 bits per heavy atom. The summed E-state index contributed by atoms with van der Waals surface area (Å²) in [6.07, 6.45) is 2.02. The zero-order valence-corrected chi connectivity index (χ0v) is 21.2. The quantitative estimate of drug-likeness (QED) is 0.203. The summed E-state index contributed by atoms with van der Waals surface area (Å²) in [4.78, 5) is 24.3. The van der Waals surface area contributed by atoms with Crippen LogP contribution in [0.4, 0.5) is 8.78 Å². The van der Waals surface area contributed by atoms with Crippen LogP contribution in [-0.4, -0.2) is 21.4 Å². The number of hydrogen-bond donors (Lipinski definition) is 1. The van der Waals surface area contributed by atoms with Gasteiger partial charge in [0.05, 0.1) is 0 Å². The molecule has 188 valence electrons. The largest absolute Gasteiger partial charge is 0.481 e. The van der Waals surface area contributed by atoms with Gasteiger partial charge in [-0.1, -0.05) is 48.7 Å². The van der Waals surface area contributed by atoms with Gasteiger partial charge in [-0.15, -0.1) is 0 Å². The number of Topliss-reactive ketones (excluding diaryl/α,β-unsaturated/α-hetero) is 1. The van der Waals surface area contributed by atoms with E-state index < -0.39 is 11.9 Å². The molecule has 1 N–H and O–H groups in total. The van der Waals surface area contributed by atoms with E-state index in [2.05, 4.69) is 0 Å². The van der Waals surface area contributed by atoms with Gasteiger partial charge in [0.15, 0.2) is 5.78 Å². The Morgan fingerprint density at radius 3 is 2.51 bits per heavy atom. The Labute approximate surface area is 209 Å². The number of carboxylic acids is 1. The average molecular weight is 504 g/mol. The SMILES string of the molecule is Cc1ccc2c(c1)c(C(=O)C[C@H](C)CC(=O)O)c(CCCCCC(F)(F)c1cccc(Cl)c1)n2C. The van der Waals surface area contributed by atoms with Gasteiger partial charge in [0.1, 0.15) is 0 Å². The van der Waals surface area contributed by atoms with E-state index in [4.69, 9.17) is 16.7 Å². The maximum absolute atomic E-state index is 14.6. The molecule has 2 aromatic carbocycles. The van der Waals surface area contributed by atoms with Crippen LogP contribution in [-0.2, 0) is 24.2 Å². The van der Waals surface area contributed by atoms with E-state index in [9.17, 15) is 18.4 Å². The van der Waals surface area contributed by atoms with Crippen molar-refractivity contribution in [3.8, 4) is 0 Å². The van der Waals surface area contributed by atoms with Crippen LogP contribution in [0.3, 0.4) is 0 Å². The Hall–Kier alpha value is -2.73. The summed E-state index contributed by atoms with van der Waals surface area (Å²) in [6, 6.07) is 11.8. The summed E-state index contributed by atoms with van der Waals surface area (Å²) in [5.74, 6) is -4.21. The molecule has 0 aliphatic carbocycles. The van der Waals surface area contributed by atoms with Gasteiger partial charge in [-0.25, -0.2) is 8.78 Å². The van der Waals surface area contributed by atoms with E-state index in [1.807, 2.05) is 36.7 Å². The molecule has 1 aromatic heterocycles. The number of carbonyl (C=O) groups excluding carboxylic acids is 1. The van der Waals surface area contributed by atoms with Crippen molar-refractivity contribution >= 4 is 34.3 Å². The number of aromatic nitrogens is 1. The third-order valence-corrected chi connectivity index (χ3v) is 6.70. The van der Waals surface area contributed by atoms with Gasteiger partial charge in [0.25, 0.3) is 5.92 Å². The molecule has 0 amide bonds. The number of carbonyl (C=O) groups is 2. The number of carboxylic acid groups (broad SMARTS) is 1. The second kappa shape index (κ2) is 11.3. The normalized spacial score (nSPS) is 12.7. The lowest BCUT2D eigenvalue weighted by atomic mass is 9.93. The minimum Gasteiger partial charge on any atom is -0.481 e. The van der Waals surface area contributed by atoms with Gasteiger partial charge < -0.3 is 9.67 Å². The van der Waals surface area contributed by atoms with E-state index >= 15 is 0 Å². The van der Waals surface area contributed by atoms with Crippen molar-refractivity contribution in [2.75, 3.05) is 0 Å². The number of rotatable bonds is 12.